The Morgan fingerprint density at radius 2 is 2.36 bits per heavy atom. The van der Waals surface area contributed by atoms with E-state index in [-0.39, 0.29) is 5.54 Å². The van der Waals surface area contributed by atoms with E-state index in [2.05, 4.69) is 36.5 Å². The van der Waals surface area contributed by atoms with Gasteiger partial charge in [-0.05, 0) is 39.7 Å². The molecule has 0 radical (unpaired) electrons. The molecule has 1 aliphatic carbocycles. The lowest BCUT2D eigenvalue weighted by Crippen LogP contribution is -2.37. The molecule has 0 aromatic carbocycles. The molecule has 2 nitrogen and oxygen atoms in total. The monoisotopic (exact) mass is 210 g/mol. The number of hydrogen-bond donors (Lipinski definition) is 1. The van der Waals surface area contributed by atoms with E-state index in [9.17, 15) is 0 Å². The molecule has 1 aromatic rings. The van der Waals surface area contributed by atoms with E-state index in [0.29, 0.717) is 0 Å². The zero-order chi connectivity index (χ0) is 10.2. The Hall–Kier alpha value is -0.410. The van der Waals surface area contributed by atoms with Gasteiger partial charge in [-0.2, -0.15) is 0 Å². The van der Waals surface area contributed by atoms with E-state index in [4.69, 9.17) is 0 Å². The smallest absolute Gasteiger partial charge is 0.0959 e. The van der Waals surface area contributed by atoms with E-state index >= 15 is 0 Å². The molecule has 2 atom stereocenters. The Labute approximate surface area is 89.8 Å². The van der Waals surface area contributed by atoms with Crippen molar-refractivity contribution >= 4 is 11.3 Å². The minimum atomic E-state index is 0.246. The molecule has 1 aromatic heterocycles. The number of rotatable bonds is 3. The molecule has 14 heavy (non-hydrogen) atoms. The second-order valence-corrected chi connectivity index (χ2v) is 6.03. The second kappa shape index (κ2) is 3.63. The standard InChI is InChI=1S/C11H18N2S/c1-11(2,3)13-7-8-6-9(8)10-12-4-5-14-10/h4-5,8-9,13H,6-7H2,1-3H3. The third-order valence-electron chi connectivity index (χ3n) is 2.59. The number of thiazole rings is 1. The van der Waals surface area contributed by atoms with Crippen molar-refractivity contribution in [1.82, 2.24) is 10.3 Å². The highest BCUT2D eigenvalue weighted by molar-refractivity contribution is 7.09. The second-order valence-electron chi connectivity index (χ2n) is 5.10. The van der Waals surface area contributed by atoms with Gasteiger partial charge in [-0.3, -0.25) is 0 Å². The quantitative estimate of drug-likeness (QED) is 0.829. The fourth-order valence-electron chi connectivity index (χ4n) is 1.63. The topological polar surface area (TPSA) is 24.9 Å². The van der Waals surface area contributed by atoms with Crippen LogP contribution in [0, 0.1) is 5.92 Å². The van der Waals surface area contributed by atoms with Crippen molar-refractivity contribution in [2.75, 3.05) is 6.54 Å². The number of nitrogens with one attached hydrogen (secondary N) is 1. The predicted octanol–water partition coefficient (Wildman–Crippen LogP) is 2.63. The molecule has 0 aliphatic heterocycles. The third kappa shape index (κ3) is 2.55. The minimum absolute atomic E-state index is 0.246. The van der Waals surface area contributed by atoms with Gasteiger partial charge in [0.2, 0.25) is 0 Å². The molecule has 0 saturated heterocycles. The van der Waals surface area contributed by atoms with Gasteiger partial charge in [0.1, 0.15) is 0 Å². The average molecular weight is 210 g/mol. The molecular formula is C11H18N2S. The average Bonchev–Trinajstić information content (AvgIpc) is 2.65. The van der Waals surface area contributed by atoms with E-state index in [1.165, 1.54) is 11.4 Å². The molecule has 1 N–H and O–H groups in total. The normalized spacial score (nSPS) is 26.5. The Morgan fingerprint density at radius 3 is 2.93 bits per heavy atom. The van der Waals surface area contributed by atoms with Crippen LogP contribution in [0.4, 0.5) is 0 Å². The summed E-state index contributed by atoms with van der Waals surface area (Å²) in [5, 5.41) is 6.95. The number of hydrogen-bond acceptors (Lipinski definition) is 3. The fraction of sp³-hybridized carbons (Fsp3) is 0.727. The molecule has 1 heterocycles. The van der Waals surface area contributed by atoms with Gasteiger partial charge >= 0.3 is 0 Å². The van der Waals surface area contributed by atoms with Crippen LogP contribution in [0.1, 0.15) is 38.1 Å². The molecule has 2 rings (SSSR count). The van der Waals surface area contributed by atoms with Crippen LogP contribution in [0.3, 0.4) is 0 Å². The van der Waals surface area contributed by atoms with Crippen molar-refractivity contribution in [2.45, 2.75) is 38.6 Å². The van der Waals surface area contributed by atoms with E-state index < -0.39 is 0 Å². The maximum atomic E-state index is 4.36. The maximum Gasteiger partial charge on any atom is 0.0959 e. The van der Waals surface area contributed by atoms with Crippen molar-refractivity contribution in [3.8, 4) is 0 Å². The van der Waals surface area contributed by atoms with Crippen molar-refractivity contribution in [3.05, 3.63) is 16.6 Å². The molecule has 78 valence electrons. The van der Waals surface area contributed by atoms with Crippen LogP contribution < -0.4 is 5.32 Å². The first-order valence-electron chi connectivity index (χ1n) is 5.21. The van der Waals surface area contributed by atoms with Gasteiger partial charge < -0.3 is 5.32 Å². The molecule has 0 amide bonds. The van der Waals surface area contributed by atoms with Crippen molar-refractivity contribution < 1.29 is 0 Å². The van der Waals surface area contributed by atoms with Crippen LogP contribution in [0.5, 0.6) is 0 Å². The summed E-state index contributed by atoms with van der Waals surface area (Å²) < 4.78 is 0. The van der Waals surface area contributed by atoms with Gasteiger partial charge in [-0.1, -0.05) is 0 Å². The Kier molecular flexibility index (Phi) is 2.62. The molecule has 2 unspecified atom stereocenters. The first-order chi connectivity index (χ1) is 6.56. The minimum Gasteiger partial charge on any atom is -0.312 e. The van der Waals surface area contributed by atoms with Crippen LogP contribution in [0.2, 0.25) is 0 Å². The fourth-order valence-corrected chi connectivity index (χ4v) is 2.48. The first-order valence-corrected chi connectivity index (χ1v) is 6.08. The summed E-state index contributed by atoms with van der Waals surface area (Å²) in [6, 6.07) is 0. The molecule has 1 saturated carbocycles. The Bertz CT molecular complexity index is 287. The molecule has 0 spiro atoms. The summed E-state index contributed by atoms with van der Waals surface area (Å²) in [6.45, 7) is 7.78. The zero-order valence-electron chi connectivity index (χ0n) is 9.08. The van der Waals surface area contributed by atoms with Gasteiger partial charge in [-0.25, -0.2) is 4.98 Å². The van der Waals surface area contributed by atoms with Crippen LogP contribution in [-0.2, 0) is 0 Å². The Morgan fingerprint density at radius 1 is 1.57 bits per heavy atom. The molecular weight excluding hydrogens is 192 g/mol. The Balaban J connectivity index is 1.78. The van der Waals surface area contributed by atoms with Gasteiger partial charge in [0.05, 0.1) is 5.01 Å². The molecule has 1 fully saturated rings. The zero-order valence-corrected chi connectivity index (χ0v) is 9.90. The lowest BCUT2D eigenvalue weighted by Gasteiger charge is -2.20. The third-order valence-corrected chi connectivity index (χ3v) is 3.49. The molecule has 1 aliphatic rings. The highest BCUT2D eigenvalue weighted by Crippen LogP contribution is 2.47. The van der Waals surface area contributed by atoms with Crippen LogP contribution in [0.15, 0.2) is 11.6 Å². The lowest BCUT2D eigenvalue weighted by atomic mass is 10.1. The maximum absolute atomic E-state index is 4.36. The van der Waals surface area contributed by atoms with Crippen molar-refractivity contribution in [3.63, 3.8) is 0 Å². The summed E-state index contributed by atoms with van der Waals surface area (Å²) in [7, 11) is 0. The van der Waals surface area contributed by atoms with Gasteiger partial charge in [0.25, 0.3) is 0 Å². The lowest BCUT2D eigenvalue weighted by molar-refractivity contribution is 0.414. The number of nitrogens with zero attached hydrogens (tertiary/aromatic N) is 1. The largest absolute Gasteiger partial charge is 0.312 e. The van der Waals surface area contributed by atoms with Crippen LogP contribution >= 0.6 is 11.3 Å². The highest BCUT2D eigenvalue weighted by Gasteiger charge is 2.40. The molecule has 0 bridgehead atoms. The van der Waals surface area contributed by atoms with Gasteiger partial charge in [-0.15, -0.1) is 11.3 Å². The molecule has 3 heteroatoms. The van der Waals surface area contributed by atoms with E-state index in [1.807, 2.05) is 6.20 Å². The first kappa shape index (κ1) is 10.1. The SMILES string of the molecule is CC(C)(C)NCC1CC1c1nccs1. The van der Waals surface area contributed by atoms with Crippen molar-refractivity contribution in [1.29, 1.82) is 0 Å². The summed E-state index contributed by atoms with van der Waals surface area (Å²) in [5.74, 6) is 1.56. The predicted molar refractivity (Wildman–Crippen MR) is 60.7 cm³/mol. The van der Waals surface area contributed by atoms with Crippen LogP contribution in [-0.4, -0.2) is 17.1 Å². The van der Waals surface area contributed by atoms with Crippen LogP contribution in [0.25, 0.3) is 0 Å². The summed E-state index contributed by atoms with van der Waals surface area (Å²) >= 11 is 1.79. The summed E-state index contributed by atoms with van der Waals surface area (Å²) in [6.07, 6.45) is 3.23. The highest BCUT2D eigenvalue weighted by atomic mass is 32.1. The van der Waals surface area contributed by atoms with Gasteiger partial charge in [0.15, 0.2) is 0 Å². The van der Waals surface area contributed by atoms with E-state index in [0.717, 1.165) is 18.4 Å². The summed E-state index contributed by atoms with van der Waals surface area (Å²) in [5.41, 5.74) is 0.246. The van der Waals surface area contributed by atoms with Crippen molar-refractivity contribution in [2.24, 2.45) is 5.92 Å². The van der Waals surface area contributed by atoms with Gasteiger partial charge in [0, 0.05) is 23.0 Å². The summed E-state index contributed by atoms with van der Waals surface area (Å²) in [4.78, 5) is 4.36. The number of aromatic nitrogens is 1. The van der Waals surface area contributed by atoms with E-state index in [1.54, 1.807) is 11.3 Å².